The molecule has 0 aromatic heterocycles. The Morgan fingerprint density at radius 2 is 1.92 bits per heavy atom. The van der Waals surface area contributed by atoms with Gasteiger partial charge in [0.05, 0.1) is 0 Å². The van der Waals surface area contributed by atoms with E-state index in [2.05, 4.69) is 15.9 Å². The highest BCUT2D eigenvalue weighted by molar-refractivity contribution is 9.10. The Kier molecular flexibility index (Phi) is 7.90. The van der Waals surface area contributed by atoms with E-state index in [0.717, 1.165) is 10.9 Å². The Hall–Kier alpha value is -1.11. The molecule has 25 heavy (non-hydrogen) atoms. The third-order valence-electron chi connectivity index (χ3n) is 4.48. The lowest BCUT2D eigenvalue weighted by atomic mass is 9.93. The molecule has 0 bridgehead atoms. The third-order valence-corrected chi connectivity index (χ3v) is 5.01. The molecular formula is C18H27BrClN3O2. The van der Waals surface area contributed by atoms with Gasteiger partial charge >= 0.3 is 0 Å². The SMILES string of the molecule is CN(CC(C)(C)CN)C(=O)C1CCCN1C(=O)c1ccc(Br)cc1.Cl. The number of carbonyl (C=O) groups excluding carboxylic acids is 2. The van der Waals surface area contributed by atoms with Crippen molar-refractivity contribution in [2.24, 2.45) is 11.1 Å². The molecule has 0 spiro atoms. The zero-order valence-electron chi connectivity index (χ0n) is 15.0. The lowest BCUT2D eigenvalue weighted by Gasteiger charge is -2.33. The highest BCUT2D eigenvalue weighted by Gasteiger charge is 2.37. The molecule has 1 aromatic carbocycles. The van der Waals surface area contributed by atoms with Crippen LogP contribution in [0.4, 0.5) is 0 Å². The molecule has 1 atom stereocenters. The van der Waals surface area contributed by atoms with Gasteiger partial charge in [0.2, 0.25) is 5.91 Å². The number of likely N-dealkylation sites (tertiary alicyclic amines) is 1. The van der Waals surface area contributed by atoms with E-state index < -0.39 is 0 Å². The number of likely N-dealkylation sites (N-methyl/N-ethyl adjacent to an activating group) is 1. The summed E-state index contributed by atoms with van der Waals surface area (Å²) in [5, 5.41) is 0. The van der Waals surface area contributed by atoms with Crippen molar-refractivity contribution in [1.82, 2.24) is 9.80 Å². The third kappa shape index (κ3) is 5.43. The van der Waals surface area contributed by atoms with E-state index >= 15 is 0 Å². The molecule has 2 rings (SSSR count). The first kappa shape index (κ1) is 21.9. The first-order valence-corrected chi connectivity index (χ1v) is 9.06. The van der Waals surface area contributed by atoms with Gasteiger partial charge in [-0.3, -0.25) is 9.59 Å². The fourth-order valence-electron chi connectivity index (χ4n) is 3.06. The Morgan fingerprint density at radius 1 is 1.32 bits per heavy atom. The van der Waals surface area contributed by atoms with E-state index in [9.17, 15) is 9.59 Å². The van der Waals surface area contributed by atoms with Gasteiger partial charge in [-0.25, -0.2) is 0 Å². The minimum atomic E-state index is -0.375. The minimum absolute atomic E-state index is 0. The van der Waals surface area contributed by atoms with Gasteiger partial charge in [-0.05, 0) is 49.1 Å². The van der Waals surface area contributed by atoms with Crippen molar-refractivity contribution in [1.29, 1.82) is 0 Å². The van der Waals surface area contributed by atoms with Crippen LogP contribution in [0.25, 0.3) is 0 Å². The fourth-order valence-corrected chi connectivity index (χ4v) is 3.33. The topological polar surface area (TPSA) is 66.6 Å². The van der Waals surface area contributed by atoms with Gasteiger partial charge in [0.25, 0.3) is 5.91 Å². The average molecular weight is 433 g/mol. The molecule has 0 radical (unpaired) electrons. The van der Waals surface area contributed by atoms with Crippen molar-refractivity contribution >= 4 is 40.2 Å². The second-order valence-corrected chi connectivity index (χ2v) is 8.14. The molecule has 0 aliphatic carbocycles. The molecule has 1 aliphatic heterocycles. The van der Waals surface area contributed by atoms with Crippen LogP contribution in [-0.4, -0.2) is 54.3 Å². The molecular weight excluding hydrogens is 406 g/mol. The normalized spacial score (nSPS) is 17.2. The standard InChI is InChI=1S/C18H26BrN3O2.ClH/c1-18(2,11-20)12-21(3)17(24)15-5-4-10-22(15)16(23)13-6-8-14(19)9-7-13;/h6-9,15H,4-5,10-12,20H2,1-3H3;1H. The molecule has 2 N–H and O–H groups in total. The van der Waals surface area contributed by atoms with E-state index in [4.69, 9.17) is 5.73 Å². The molecule has 7 heteroatoms. The van der Waals surface area contributed by atoms with Crippen LogP contribution >= 0.6 is 28.3 Å². The number of nitrogens with zero attached hydrogens (tertiary/aromatic N) is 2. The van der Waals surface area contributed by atoms with E-state index in [1.165, 1.54) is 0 Å². The van der Waals surface area contributed by atoms with E-state index in [0.29, 0.717) is 31.6 Å². The molecule has 140 valence electrons. The number of nitrogens with two attached hydrogens (primary N) is 1. The first-order valence-electron chi connectivity index (χ1n) is 8.27. The van der Waals surface area contributed by atoms with Crippen LogP contribution < -0.4 is 5.73 Å². The Balaban J connectivity index is 0.00000312. The smallest absolute Gasteiger partial charge is 0.254 e. The summed E-state index contributed by atoms with van der Waals surface area (Å²) in [6, 6.07) is 6.88. The number of hydrogen-bond acceptors (Lipinski definition) is 3. The van der Waals surface area contributed by atoms with E-state index in [1.54, 1.807) is 29.0 Å². The number of halogens is 2. The largest absolute Gasteiger partial charge is 0.343 e. The van der Waals surface area contributed by atoms with Crippen molar-refractivity contribution in [3.05, 3.63) is 34.3 Å². The zero-order valence-corrected chi connectivity index (χ0v) is 17.4. The predicted molar refractivity (Wildman–Crippen MR) is 106 cm³/mol. The number of rotatable bonds is 5. The van der Waals surface area contributed by atoms with Gasteiger partial charge < -0.3 is 15.5 Å². The summed E-state index contributed by atoms with van der Waals surface area (Å²) in [4.78, 5) is 29.0. The van der Waals surface area contributed by atoms with Crippen LogP contribution in [-0.2, 0) is 4.79 Å². The molecule has 1 aromatic rings. The van der Waals surface area contributed by atoms with Gasteiger partial charge in [-0.15, -0.1) is 12.4 Å². The quantitative estimate of drug-likeness (QED) is 0.778. The summed E-state index contributed by atoms with van der Waals surface area (Å²) in [6.45, 7) is 5.79. The summed E-state index contributed by atoms with van der Waals surface area (Å²) in [7, 11) is 1.79. The molecule has 1 unspecified atom stereocenters. The first-order chi connectivity index (χ1) is 11.2. The highest BCUT2D eigenvalue weighted by atomic mass is 79.9. The predicted octanol–water partition coefficient (Wildman–Crippen LogP) is 2.92. The van der Waals surface area contributed by atoms with Crippen LogP contribution in [0.5, 0.6) is 0 Å². The number of benzene rings is 1. The lowest BCUT2D eigenvalue weighted by Crippen LogP contribution is -2.49. The Labute approximate surface area is 164 Å². The minimum Gasteiger partial charge on any atom is -0.343 e. The van der Waals surface area contributed by atoms with Crippen molar-refractivity contribution in [2.45, 2.75) is 32.7 Å². The van der Waals surface area contributed by atoms with Crippen LogP contribution in [0.2, 0.25) is 0 Å². The van der Waals surface area contributed by atoms with Gasteiger partial charge in [0.1, 0.15) is 6.04 Å². The van der Waals surface area contributed by atoms with Crippen LogP contribution in [0, 0.1) is 5.41 Å². The summed E-state index contributed by atoms with van der Waals surface area (Å²) in [6.07, 6.45) is 1.57. The second kappa shape index (κ2) is 9.01. The Bertz CT molecular complexity index is 607. The maximum Gasteiger partial charge on any atom is 0.254 e. The lowest BCUT2D eigenvalue weighted by molar-refractivity contribution is -0.135. The summed E-state index contributed by atoms with van der Waals surface area (Å²) < 4.78 is 0.928. The van der Waals surface area contributed by atoms with Crippen molar-refractivity contribution in [3.63, 3.8) is 0 Å². The molecule has 1 heterocycles. The molecule has 2 amide bonds. The maximum atomic E-state index is 12.8. The zero-order chi connectivity index (χ0) is 17.9. The summed E-state index contributed by atoms with van der Waals surface area (Å²) >= 11 is 3.37. The van der Waals surface area contributed by atoms with Crippen molar-refractivity contribution < 1.29 is 9.59 Å². The average Bonchev–Trinajstić information content (AvgIpc) is 3.03. The summed E-state index contributed by atoms with van der Waals surface area (Å²) in [5.41, 5.74) is 6.24. The highest BCUT2D eigenvalue weighted by Crippen LogP contribution is 2.24. The van der Waals surface area contributed by atoms with Crippen LogP contribution in [0.15, 0.2) is 28.7 Å². The molecule has 1 aliphatic rings. The van der Waals surface area contributed by atoms with Gasteiger partial charge in [-0.2, -0.15) is 0 Å². The summed E-state index contributed by atoms with van der Waals surface area (Å²) in [5.74, 6) is -0.0793. The molecule has 0 saturated carbocycles. The monoisotopic (exact) mass is 431 g/mol. The number of amides is 2. The van der Waals surface area contributed by atoms with Gasteiger partial charge in [0.15, 0.2) is 0 Å². The maximum absolute atomic E-state index is 12.8. The molecule has 1 saturated heterocycles. The van der Waals surface area contributed by atoms with Gasteiger partial charge in [0, 0.05) is 30.2 Å². The van der Waals surface area contributed by atoms with Gasteiger partial charge in [-0.1, -0.05) is 29.8 Å². The molecule has 5 nitrogen and oxygen atoms in total. The van der Waals surface area contributed by atoms with E-state index in [-0.39, 0.29) is 35.7 Å². The van der Waals surface area contributed by atoms with Crippen LogP contribution in [0.1, 0.15) is 37.0 Å². The fraction of sp³-hybridized carbons (Fsp3) is 0.556. The Morgan fingerprint density at radius 3 is 2.48 bits per heavy atom. The number of carbonyl (C=O) groups is 2. The van der Waals surface area contributed by atoms with Crippen molar-refractivity contribution in [2.75, 3.05) is 26.7 Å². The van der Waals surface area contributed by atoms with Crippen molar-refractivity contribution in [3.8, 4) is 0 Å². The molecule has 1 fully saturated rings. The van der Waals surface area contributed by atoms with Crippen LogP contribution in [0.3, 0.4) is 0 Å². The number of hydrogen-bond donors (Lipinski definition) is 1. The second-order valence-electron chi connectivity index (χ2n) is 7.23. The van der Waals surface area contributed by atoms with E-state index in [1.807, 2.05) is 26.0 Å².